The summed E-state index contributed by atoms with van der Waals surface area (Å²) in [6.07, 6.45) is 3.37. The molecule has 35 heavy (non-hydrogen) atoms. The van der Waals surface area contributed by atoms with E-state index < -0.39 is 12.8 Å². The van der Waals surface area contributed by atoms with Gasteiger partial charge in [-0.25, -0.2) is 9.98 Å². The highest BCUT2D eigenvalue weighted by Gasteiger charge is 2.30. The third kappa shape index (κ3) is 8.18. The lowest BCUT2D eigenvalue weighted by molar-refractivity contribution is -0.153. The van der Waals surface area contributed by atoms with Crippen molar-refractivity contribution < 1.29 is 32.2 Å². The van der Waals surface area contributed by atoms with Crippen molar-refractivity contribution in [3.63, 3.8) is 0 Å². The van der Waals surface area contributed by atoms with Crippen molar-refractivity contribution in [2.24, 2.45) is 10.9 Å². The van der Waals surface area contributed by atoms with Gasteiger partial charge in [-0.05, 0) is 32.6 Å². The molecule has 0 aliphatic carbocycles. The molecule has 3 atom stereocenters. The molecule has 1 N–H and O–H groups in total. The summed E-state index contributed by atoms with van der Waals surface area (Å²) in [5.41, 5.74) is 0.849. The first-order valence-corrected chi connectivity index (χ1v) is 12.7. The molecule has 194 valence electrons. The minimum Gasteiger partial charge on any atom is -0.473 e. The Kier molecular flexibility index (Phi) is 8.66. The standard InChI is InChI=1S/C23H31F3N4O4S/c1-15-11-28-21(34-15)10-20(31)27-12-16-2-3-17(32-13-16)4-7-30-8-5-18-19(6-9-30)35-22(29-18)33-14-23(24,25)26/h11-12,16-17,21,28H,2-10,13-14H2,1H3/t16?,17-,21?/m1/s1. The second-order valence-electron chi connectivity index (χ2n) is 9.08. The molecule has 4 rings (SSSR count). The van der Waals surface area contributed by atoms with Gasteiger partial charge in [0.25, 0.3) is 11.1 Å². The number of carbonyl (C=O) groups excluding carboxylic acids is 1. The number of hydrogen-bond donors (Lipinski definition) is 1. The first kappa shape index (κ1) is 25.9. The number of amides is 1. The van der Waals surface area contributed by atoms with Crippen molar-refractivity contribution >= 4 is 23.5 Å². The van der Waals surface area contributed by atoms with Crippen LogP contribution < -0.4 is 10.1 Å². The average molecular weight is 517 g/mol. The van der Waals surface area contributed by atoms with Gasteiger partial charge in [-0.3, -0.25) is 4.79 Å². The number of hydrogen-bond acceptors (Lipinski definition) is 8. The minimum atomic E-state index is -4.36. The highest BCUT2D eigenvalue weighted by molar-refractivity contribution is 7.13. The molecule has 0 spiro atoms. The first-order valence-electron chi connectivity index (χ1n) is 11.9. The van der Waals surface area contributed by atoms with Crippen LogP contribution in [0.3, 0.4) is 0 Å². The largest absolute Gasteiger partial charge is 0.473 e. The van der Waals surface area contributed by atoms with Crippen molar-refractivity contribution in [1.29, 1.82) is 0 Å². The molecule has 3 aliphatic rings. The van der Waals surface area contributed by atoms with Gasteiger partial charge in [-0.1, -0.05) is 11.3 Å². The molecule has 1 fully saturated rings. The van der Waals surface area contributed by atoms with Crippen LogP contribution in [0.2, 0.25) is 0 Å². The van der Waals surface area contributed by atoms with Gasteiger partial charge in [0.1, 0.15) is 5.76 Å². The number of nitrogens with one attached hydrogen (secondary N) is 1. The summed E-state index contributed by atoms with van der Waals surface area (Å²) in [7, 11) is 0. The predicted octanol–water partition coefficient (Wildman–Crippen LogP) is 3.46. The Morgan fingerprint density at radius 2 is 2.20 bits per heavy atom. The third-order valence-electron chi connectivity index (χ3n) is 6.20. The molecular weight excluding hydrogens is 485 g/mol. The Morgan fingerprint density at radius 3 is 2.91 bits per heavy atom. The van der Waals surface area contributed by atoms with Gasteiger partial charge in [0.2, 0.25) is 0 Å². The molecule has 3 aliphatic heterocycles. The van der Waals surface area contributed by atoms with Gasteiger partial charge in [0, 0.05) is 49.3 Å². The van der Waals surface area contributed by atoms with E-state index in [4.69, 9.17) is 14.2 Å². The summed E-state index contributed by atoms with van der Waals surface area (Å²) < 4.78 is 53.3. The van der Waals surface area contributed by atoms with Crippen LogP contribution in [0.25, 0.3) is 0 Å². The third-order valence-corrected chi connectivity index (χ3v) is 7.27. The van der Waals surface area contributed by atoms with Crippen LogP contribution in [0.15, 0.2) is 17.0 Å². The summed E-state index contributed by atoms with van der Waals surface area (Å²) in [5.74, 6) is 0.687. The molecule has 1 saturated heterocycles. The van der Waals surface area contributed by atoms with Crippen molar-refractivity contribution in [2.45, 2.75) is 64.0 Å². The van der Waals surface area contributed by atoms with Crippen LogP contribution in [-0.4, -0.2) is 73.4 Å². The number of nitrogens with zero attached hydrogens (tertiary/aromatic N) is 3. The van der Waals surface area contributed by atoms with E-state index in [1.54, 1.807) is 12.4 Å². The maximum atomic E-state index is 12.4. The zero-order valence-corrected chi connectivity index (χ0v) is 20.5. The molecule has 1 aromatic rings. The fraction of sp³-hybridized carbons (Fsp3) is 0.696. The summed E-state index contributed by atoms with van der Waals surface area (Å²) in [6, 6.07) is 0. The molecule has 12 heteroatoms. The van der Waals surface area contributed by atoms with Crippen molar-refractivity contribution in [1.82, 2.24) is 15.2 Å². The zero-order chi connectivity index (χ0) is 24.8. The van der Waals surface area contributed by atoms with Crippen LogP contribution in [0.1, 0.15) is 43.2 Å². The van der Waals surface area contributed by atoms with Crippen LogP contribution in [0.4, 0.5) is 13.2 Å². The second-order valence-corrected chi connectivity index (χ2v) is 10.1. The normalized spacial score (nSPS) is 25.5. The molecule has 1 aromatic heterocycles. The Hall–Kier alpha value is -2.18. The number of fused-ring (bicyclic) bond motifs is 1. The lowest BCUT2D eigenvalue weighted by atomic mass is 9.98. The minimum absolute atomic E-state index is 0.104. The Morgan fingerprint density at radius 1 is 1.37 bits per heavy atom. The number of ether oxygens (including phenoxy) is 3. The van der Waals surface area contributed by atoms with Crippen molar-refractivity contribution in [3.05, 3.63) is 22.5 Å². The van der Waals surface area contributed by atoms with E-state index in [1.807, 2.05) is 6.92 Å². The number of carbonyl (C=O) groups is 1. The summed E-state index contributed by atoms with van der Waals surface area (Å²) in [6.45, 7) is 3.63. The van der Waals surface area contributed by atoms with E-state index >= 15 is 0 Å². The van der Waals surface area contributed by atoms with Crippen LogP contribution in [0.5, 0.6) is 5.19 Å². The molecule has 4 heterocycles. The number of thiazole rings is 1. The fourth-order valence-electron chi connectivity index (χ4n) is 4.32. The maximum Gasteiger partial charge on any atom is 0.422 e. The summed E-state index contributed by atoms with van der Waals surface area (Å²) in [4.78, 5) is 23.7. The lowest BCUT2D eigenvalue weighted by Crippen LogP contribution is -2.33. The Bertz CT molecular complexity index is 903. The predicted molar refractivity (Wildman–Crippen MR) is 124 cm³/mol. The molecule has 2 unspecified atom stereocenters. The van der Waals surface area contributed by atoms with Gasteiger partial charge < -0.3 is 24.4 Å². The second kappa shape index (κ2) is 11.7. The number of aliphatic imine (C=N–C) groups is 1. The quantitative estimate of drug-likeness (QED) is 0.530. The van der Waals surface area contributed by atoms with E-state index in [1.165, 1.54) is 11.3 Å². The summed E-state index contributed by atoms with van der Waals surface area (Å²) >= 11 is 1.22. The van der Waals surface area contributed by atoms with Gasteiger partial charge in [0.15, 0.2) is 12.8 Å². The van der Waals surface area contributed by atoms with Gasteiger partial charge in [-0.15, -0.1) is 0 Å². The maximum absolute atomic E-state index is 12.4. The molecule has 0 aromatic carbocycles. The van der Waals surface area contributed by atoms with Gasteiger partial charge >= 0.3 is 6.18 Å². The van der Waals surface area contributed by atoms with Crippen molar-refractivity contribution in [3.8, 4) is 5.19 Å². The van der Waals surface area contributed by atoms with E-state index in [0.717, 1.165) is 61.6 Å². The zero-order valence-electron chi connectivity index (χ0n) is 19.7. The fourth-order valence-corrected chi connectivity index (χ4v) is 5.26. The van der Waals surface area contributed by atoms with E-state index in [9.17, 15) is 18.0 Å². The average Bonchev–Trinajstić information content (AvgIpc) is 3.36. The SMILES string of the molecule is CC1=CNC(CC(=O)N=CC2CC[C@H](CCN3CCc4nc(OCC(F)(F)F)sc4CC3)OC2)O1. The first-order chi connectivity index (χ1) is 16.7. The summed E-state index contributed by atoms with van der Waals surface area (Å²) in [5, 5.41) is 3.09. The monoisotopic (exact) mass is 516 g/mol. The number of allylic oxidation sites excluding steroid dienone is 1. The lowest BCUT2D eigenvalue weighted by Gasteiger charge is -2.29. The molecular formula is C23H31F3N4O4S. The van der Waals surface area contributed by atoms with Crippen molar-refractivity contribution in [2.75, 3.05) is 32.8 Å². The van der Waals surface area contributed by atoms with Crippen LogP contribution in [0, 0.1) is 5.92 Å². The number of rotatable bonds is 8. The smallest absolute Gasteiger partial charge is 0.422 e. The molecule has 0 radical (unpaired) electrons. The number of halogens is 3. The molecule has 0 bridgehead atoms. The topological polar surface area (TPSA) is 85.3 Å². The van der Waals surface area contributed by atoms with Crippen LogP contribution >= 0.6 is 11.3 Å². The molecule has 0 saturated carbocycles. The van der Waals surface area contributed by atoms with Gasteiger partial charge in [0.05, 0.1) is 24.8 Å². The Labute approximate surface area is 206 Å². The number of aromatic nitrogens is 1. The van der Waals surface area contributed by atoms with E-state index in [2.05, 4.69) is 20.2 Å². The van der Waals surface area contributed by atoms with E-state index in [0.29, 0.717) is 13.0 Å². The number of alkyl halides is 3. The van der Waals surface area contributed by atoms with E-state index in [-0.39, 0.29) is 35.8 Å². The highest BCUT2D eigenvalue weighted by Crippen LogP contribution is 2.30. The van der Waals surface area contributed by atoms with Gasteiger partial charge in [-0.2, -0.15) is 13.2 Å². The molecule has 1 amide bonds. The highest BCUT2D eigenvalue weighted by atomic mass is 32.1. The Balaban J connectivity index is 1.12. The van der Waals surface area contributed by atoms with Crippen LogP contribution in [-0.2, 0) is 27.1 Å². The molecule has 8 nitrogen and oxygen atoms in total.